The van der Waals surface area contributed by atoms with Crippen molar-refractivity contribution in [3.8, 4) is 0 Å². The second-order valence-electron chi connectivity index (χ2n) is 7.21. The molecule has 1 aliphatic heterocycles. The van der Waals surface area contributed by atoms with Gasteiger partial charge in [0.05, 0.1) is 0 Å². The van der Waals surface area contributed by atoms with Crippen molar-refractivity contribution in [1.29, 1.82) is 0 Å². The van der Waals surface area contributed by atoms with E-state index in [1.165, 1.54) is 32.1 Å². The van der Waals surface area contributed by atoms with Gasteiger partial charge in [-0.3, -0.25) is 0 Å². The smallest absolute Gasteiger partial charge is 0.123 e. The molecule has 0 aromatic carbocycles. The van der Waals surface area contributed by atoms with Gasteiger partial charge >= 0.3 is 0 Å². The van der Waals surface area contributed by atoms with Gasteiger partial charge in [0.2, 0.25) is 0 Å². The minimum atomic E-state index is 0.344. The van der Waals surface area contributed by atoms with E-state index in [4.69, 9.17) is 0 Å². The molecule has 0 aromatic heterocycles. The van der Waals surface area contributed by atoms with Crippen molar-refractivity contribution in [3.63, 3.8) is 0 Å². The SMILES string of the molecule is CC(C)(C)C1CNCCC12CCC(C=O)CC2. The van der Waals surface area contributed by atoms with Crippen LogP contribution in [0.2, 0.25) is 0 Å². The summed E-state index contributed by atoms with van der Waals surface area (Å²) >= 11 is 0. The van der Waals surface area contributed by atoms with E-state index in [9.17, 15) is 4.79 Å². The molecule has 1 heterocycles. The fourth-order valence-corrected chi connectivity index (χ4v) is 4.15. The molecular weight excluding hydrogens is 210 g/mol. The predicted octanol–water partition coefficient (Wildman–Crippen LogP) is 3.02. The van der Waals surface area contributed by atoms with Crippen molar-refractivity contribution in [3.05, 3.63) is 0 Å². The number of hydrogen-bond acceptors (Lipinski definition) is 2. The fourth-order valence-electron chi connectivity index (χ4n) is 4.15. The summed E-state index contributed by atoms with van der Waals surface area (Å²) in [6, 6.07) is 0. The molecule has 1 aliphatic carbocycles. The average molecular weight is 237 g/mol. The number of carbonyl (C=O) groups is 1. The maximum Gasteiger partial charge on any atom is 0.123 e. The number of hydrogen-bond donors (Lipinski definition) is 1. The lowest BCUT2D eigenvalue weighted by Crippen LogP contribution is -2.51. The van der Waals surface area contributed by atoms with Crippen LogP contribution in [0.15, 0.2) is 0 Å². The zero-order valence-electron chi connectivity index (χ0n) is 11.6. The first-order valence-electron chi connectivity index (χ1n) is 7.14. The molecule has 1 atom stereocenters. The number of carbonyl (C=O) groups excluding carboxylic acids is 1. The maximum absolute atomic E-state index is 10.9. The molecule has 1 N–H and O–H groups in total. The number of aldehydes is 1. The molecule has 2 fully saturated rings. The van der Waals surface area contributed by atoms with Gasteiger partial charge in [-0.25, -0.2) is 0 Å². The maximum atomic E-state index is 10.9. The first-order chi connectivity index (χ1) is 7.98. The van der Waals surface area contributed by atoms with E-state index in [-0.39, 0.29) is 0 Å². The fraction of sp³-hybridized carbons (Fsp3) is 0.933. The Morgan fingerprint density at radius 2 is 1.82 bits per heavy atom. The second-order valence-corrected chi connectivity index (χ2v) is 7.21. The molecule has 1 unspecified atom stereocenters. The molecule has 2 rings (SSSR count). The molecule has 17 heavy (non-hydrogen) atoms. The lowest BCUT2D eigenvalue weighted by molar-refractivity contribution is -0.113. The van der Waals surface area contributed by atoms with Gasteiger partial charge in [0.15, 0.2) is 0 Å². The Labute approximate surface area is 106 Å². The number of rotatable bonds is 1. The van der Waals surface area contributed by atoms with Crippen molar-refractivity contribution in [2.75, 3.05) is 13.1 Å². The van der Waals surface area contributed by atoms with Gasteiger partial charge in [-0.15, -0.1) is 0 Å². The van der Waals surface area contributed by atoms with Crippen LogP contribution in [0.1, 0.15) is 52.9 Å². The Hall–Kier alpha value is -0.370. The molecule has 1 saturated carbocycles. The summed E-state index contributed by atoms with van der Waals surface area (Å²) in [5, 5.41) is 3.57. The van der Waals surface area contributed by atoms with Gasteiger partial charge in [0.25, 0.3) is 0 Å². The minimum absolute atomic E-state index is 0.344. The monoisotopic (exact) mass is 237 g/mol. The lowest BCUT2D eigenvalue weighted by atomic mass is 9.55. The Bertz CT molecular complexity index is 271. The highest BCUT2D eigenvalue weighted by Crippen LogP contribution is 2.53. The molecule has 1 spiro atoms. The molecule has 0 amide bonds. The van der Waals surface area contributed by atoms with Crippen molar-refractivity contribution in [2.45, 2.75) is 52.9 Å². The van der Waals surface area contributed by atoms with Crippen LogP contribution in [0.4, 0.5) is 0 Å². The number of nitrogens with one attached hydrogen (secondary N) is 1. The van der Waals surface area contributed by atoms with Crippen LogP contribution in [-0.2, 0) is 4.79 Å². The van der Waals surface area contributed by atoms with Gasteiger partial charge in [0, 0.05) is 5.92 Å². The van der Waals surface area contributed by atoms with Crippen LogP contribution in [0.3, 0.4) is 0 Å². The van der Waals surface area contributed by atoms with Crippen molar-refractivity contribution in [1.82, 2.24) is 5.32 Å². The number of piperidine rings is 1. The Kier molecular flexibility index (Phi) is 3.63. The normalized spacial score (nSPS) is 39.2. The van der Waals surface area contributed by atoms with Crippen molar-refractivity contribution >= 4 is 6.29 Å². The van der Waals surface area contributed by atoms with Crippen molar-refractivity contribution in [2.24, 2.45) is 22.7 Å². The van der Waals surface area contributed by atoms with Crippen LogP contribution in [-0.4, -0.2) is 19.4 Å². The Morgan fingerprint density at radius 3 is 2.35 bits per heavy atom. The highest BCUT2D eigenvalue weighted by molar-refractivity contribution is 5.53. The Morgan fingerprint density at radius 1 is 1.18 bits per heavy atom. The molecule has 1 saturated heterocycles. The van der Waals surface area contributed by atoms with Crippen LogP contribution in [0, 0.1) is 22.7 Å². The summed E-state index contributed by atoms with van der Waals surface area (Å²) in [6.07, 6.45) is 7.26. The van der Waals surface area contributed by atoms with E-state index in [0.29, 0.717) is 16.7 Å². The van der Waals surface area contributed by atoms with Crippen LogP contribution in [0.5, 0.6) is 0 Å². The zero-order chi connectivity index (χ0) is 12.5. The topological polar surface area (TPSA) is 29.1 Å². The predicted molar refractivity (Wildman–Crippen MR) is 70.9 cm³/mol. The van der Waals surface area contributed by atoms with E-state index in [2.05, 4.69) is 26.1 Å². The van der Waals surface area contributed by atoms with Crippen LogP contribution in [0.25, 0.3) is 0 Å². The lowest BCUT2D eigenvalue weighted by Gasteiger charge is -2.53. The first kappa shape index (κ1) is 13.1. The summed E-state index contributed by atoms with van der Waals surface area (Å²) in [7, 11) is 0. The van der Waals surface area contributed by atoms with Gasteiger partial charge in [-0.2, -0.15) is 0 Å². The summed E-state index contributed by atoms with van der Waals surface area (Å²) < 4.78 is 0. The van der Waals surface area contributed by atoms with E-state index < -0.39 is 0 Å². The molecule has 0 aromatic rings. The molecular formula is C15H27NO. The minimum Gasteiger partial charge on any atom is -0.316 e. The molecule has 2 nitrogen and oxygen atoms in total. The molecule has 2 aliphatic rings. The van der Waals surface area contributed by atoms with E-state index in [1.54, 1.807) is 0 Å². The third-order valence-electron chi connectivity index (χ3n) is 5.15. The molecule has 0 bridgehead atoms. The summed E-state index contributed by atoms with van der Waals surface area (Å²) in [5.41, 5.74) is 0.893. The van der Waals surface area contributed by atoms with E-state index in [0.717, 1.165) is 25.3 Å². The quantitative estimate of drug-likeness (QED) is 0.710. The summed E-state index contributed by atoms with van der Waals surface area (Å²) in [6.45, 7) is 9.45. The standard InChI is InChI=1S/C15H27NO/c1-14(2,3)13-10-16-9-8-15(13)6-4-12(11-17)5-7-15/h11-13,16H,4-10H2,1-3H3. The summed E-state index contributed by atoms with van der Waals surface area (Å²) in [5.74, 6) is 1.10. The van der Waals surface area contributed by atoms with Gasteiger partial charge < -0.3 is 10.1 Å². The third-order valence-corrected chi connectivity index (χ3v) is 5.15. The highest BCUT2D eigenvalue weighted by atomic mass is 16.1. The summed E-state index contributed by atoms with van der Waals surface area (Å²) in [4.78, 5) is 10.9. The van der Waals surface area contributed by atoms with E-state index >= 15 is 0 Å². The van der Waals surface area contributed by atoms with Crippen LogP contribution >= 0.6 is 0 Å². The second kappa shape index (κ2) is 4.72. The first-order valence-corrected chi connectivity index (χ1v) is 7.14. The van der Waals surface area contributed by atoms with Gasteiger partial charge in [-0.1, -0.05) is 20.8 Å². The molecule has 98 valence electrons. The largest absolute Gasteiger partial charge is 0.316 e. The highest BCUT2D eigenvalue weighted by Gasteiger charge is 2.47. The molecule has 0 radical (unpaired) electrons. The van der Waals surface area contributed by atoms with Crippen molar-refractivity contribution < 1.29 is 4.79 Å². The average Bonchev–Trinajstić information content (AvgIpc) is 2.29. The zero-order valence-corrected chi connectivity index (χ0v) is 11.6. The Balaban J connectivity index is 2.13. The van der Waals surface area contributed by atoms with Gasteiger partial charge in [0.1, 0.15) is 6.29 Å². The van der Waals surface area contributed by atoms with Crippen LogP contribution < -0.4 is 5.32 Å². The van der Waals surface area contributed by atoms with E-state index in [1.807, 2.05) is 0 Å². The molecule has 2 heteroatoms. The van der Waals surface area contributed by atoms with Gasteiger partial charge in [-0.05, 0) is 61.9 Å². The third kappa shape index (κ3) is 2.57.